The summed E-state index contributed by atoms with van der Waals surface area (Å²) in [6.07, 6.45) is 0.866. The fourth-order valence-corrected chi connectivity index (χ4v) is 4.89. The minimum Gasteiger partial charge on any atom is -0.394 e. The van der Waals surface area contributed by atoms with Gasteiger partial charge in [-0.1, -0.05) is 37.8 Å². The zero-order valence-corrected chi connectivity index (χ0v) is 19.0. The van der Waals surface area contributed by atoms with E-state index in [0.29, 0.717) is 32.2 Å². The van der Waals surface area contributed by atoms with Crippen LogP contribution in [-0.4, -0.2) is 96.2 Å². The van der Waals surface area contributed by atoms with Gasteiger partial charge in [0.1, 0.15) is 0 Å². The molecule has 0 radical (unpaired) electrons. The van der Waals surface area contributed by atoms with E-state index in [4.69, 9.17) is 4.74 Å². The molecule has 3 aliphatic rings. The number of aliphatic hydroxyl groups is 1. The Morgan fingerprint density at radius 1 is 1.22 bits per heavy atom. The Kier molecular flexibility index (Phi) is 7.14. The third kappa shape index (κ3) is 4.83. The van der Waals surface area contributed by atoms with E-state index < -0.39 is 0 Å². The van der Waals surface area contributed by atoms with Gasteiger partial charge in [-0.25, -0.2) is 0 Å². The molecule has 172 valence electrons. The van der Waals surface area contributed by atoms with Gasteiger partial charge < -0.3 is 19.6 Å². The van der Waals surface area contributed by atoms with Crippen LogP contribution < -0.4 is 0 Å². The van der Waals surface area contributed by atoms with Crippen molar-refractivity contribution in [2.45, 2.75) is 38.3 Å². The minimum atomic E-state index is -0.234. The molecule has 0 spiro atoms. The van der Waals surface area contributed by atoms with Gasteiger partial charge in [-0.3, -0.25) is 14.5 Å². The summed E-state index contributed by atoms with van der Waals surface area (Å²) in [7, 11) is 0. The summed E-state index contributed by atoms with van der Waals surface area (Å²) in [6, 6.07) is 7.77. The molecule has 4 rings (SSSR count). The highest BCUT2D eigenvalue weighted by atomic mass is 16.5. The van der Waals surface area contributed by atoms with Crippen LogP contribution in [0.1, 0.15) is 37.3 Å². The Morgan fingerprint density at radius 2 is 1.94 bits per heavy atom. The number of fused-ring (bicyclic) bond motifs is 1. The van der Waals surface area contributed by atoms with Crippen molar-refractivity contribution < 1.29 is 19.4 Å². The largest absolute Gasteiger partial charge is 0.394 e. The number of aliphatic hydroxyl groups excluding tert-OH is 1. The first-order chi connectivity index (χ1) is 15.5. The highest BCUT2D eigenvalue weighted by molar-refractivity contribution is 5.88. The van der Waals surface area contributed by atoms with Crippen LogP contribution in [0, 0.1) is 17.8 Å². The monoisotopic (exact) mass is 439 g/mol. The maximum absolute atomic E-state index is 12.9. The lowest BCUT2D eigenvalue weighted by atomic mass is 9.73. The summed E-state index contributed by atoms with van der Waals surface area (Å²) in [6.45, 7) is 7.90. The molecular formula is C25H33N3O4. The molecule has 0 saturated carbocycles. The SMILES string of the molecule is CC(C)CC#Cc1ccc([C@@H]2[C@H]3CN(C(=O)CN4CCOCC4)CC(=O)N3[C@H]2CO)cc1. The molecule has 3 saturated heterocycles. The molecule has 0 unspecified atom stereocenters. The number of ether oxygens (including phenoxy) is 1. The van der Waals surface area contributed by atoms with Gasteiger partial charge in [-0.05, 0) is 23.6 Å². The zero-order valence-electron chi connectivity index (χ0n) is 19.0. The van der Waals surface area contributed by atoms with E-state index >= 15 is 0 Å². The predicted octanol–water partition coefficient (Wildman–Crippen LogP) is 0.914. The Hall–Kier alpha value is -2.40. The van der Waals surface area contributed by atoms with E-state index in [1.807, 2.05) is 24.3 Å². The molecule has 3 atom stereocenters. The number of hydrogen-bond donors (Lipinski definition) is 1. The number of rotatable bonds is 5. The Balaban J connectivity index is 1.44. The van der Waals surface area contributed by atoms with Crippen LogP contribution >= 0.6 is 0 Å². The van der Waals surface area contributed by atoms with Crippen LogP contribution in [0.25, 0.3) is 0 Å². The molecular weight excluding hydrogens is 406 g/mol. The van der Waals surface area contributed by atoms with Crippen LogP contribution in [0.5, 0.6) is 0 Å². The van der Waals surface area contributed by atoms with E-state index in [2.05, 4.69) is 30.6 Å². The molecule has 0 aliphatic carbocycles. The zero-order chi connectivity index (χ0) is 22.7. The molecule has 2 amide bonds. The van der Waals surface area contributed by atoms with Crippen molar-refractivity contribution in [1.82, 2.24) is 14.7 Å². The summed E-state index contributed by atoms with van der Waals surface area (Å²) < 4.78 is 5.35. The van der Waals surface area contributed by atoms with Crippen molar-refractivity contribution in [3.8, 4) is 11.8 Å². The number of hydrogen-bond acceptors (Lipinski definition) is 5. The van der Waals surface area contributed by atoms with E-state index in [9.17, 15) is 14.7 Å². The third-order valence-corrected chi connectivity index (χ3v) is 6.61. The summed E-state index contributed by atoms with van der Waals surface area (Å²) in [5.74, 6) is 6.87. The molecule has 0 bridgehead atoms. The number of nitrogens with zero attached hydrogens (tertiary/aromatic N) is 3. The maximum atomic E-state index is 12.9. The lowest BCUT2D eigenvalue weighted by Crippen LogP contribution is -2.73. The number of morpholine rings is 1. The molecule has 3 heterocycles. The molecule has 32 heavy (non-hydrogen) atoms. The van der Waals surface area contributed by atoms with Crippen molar-refractivity contribution in [3.05, 3.63) is 35.4 Å². The number of piperazine rings is 1. The van der Waals surface area contributed by atoms with E-state index in [1.54, 1.807) is 9.80 Å². The van der Waals surface area contributed by atoms with Gasteiger partial charge in [0.2, 0.25) is 11.8 Å². The summed E-state index contributed by atoms with van der Waals surface area (Å²) in [5, 5.41) is 9.97. The fourth-order valence-electron chi connectivity index (χ4n) is 4.89. The van der Waals surface area contributed by atoms with E-state index in [0.717, 1.165) is 30.6 Å². The Labute approximate surface area is 190 Å². The second-order valence-corrected chi connectivity index (χ2v) is 9.33. The van der Waals surface area contributed by atoms with Crippen LogP contribution in [0.2, 0.25) is 0 Å². The number of benzene rings is 1. The predicted molar refractivity (Wildman–Crippen MR) is 121 cm³/mol. The fraction of sp³-hybridized carbons (Fsp3) is 0.600. The molecule has 1 aromatic carbocycles. The van der Waals surface area contributed by atoms with Crippen molar-refractivity contribution in [2.24, 2.45) is 5.92 Å². The van der Waals surface area contributed by atoms with Gasteiger partial charge in [0, 0.05) is 37.5 Å². The first-order valence-corrected chi connectivity index (χ1v) is 11.6. The van der Waals surface area contributed by atoms with Crippen LogP contribution in [0.15, 0.2) is 24.3 Å². The van der Waals surface area contributed by atoms with E-state index in [-0.39, 0.29) is 43.0 Å². The number of amides is 2. The minimum absolute atomic E-state index is 0.0122. The van der Waals surface area contributed by atoms with Crippen molar-refractivity contribution >= 4 is 11.8 Å². The number of carbonyl (C=O) groups excluding carboxylic acids is 2. The molecule has 7 heteroatoms. The third-order valence-electron chi connectivity index (χ3n) is 6.61. The first-order valence-electron chi connectivity index (χ1n) is 11.6. The quantitative estimate of drug-likeness (QED) is 0.691. The first kappa shape index (κ1) is 22.8. The van der Waals surface area contributed by atoms with Crippen molar-refractivity contribution in [1.29, 1.82) is 0 Å². The molecule has 7 nitrogen and oxygen atoms in total. The van der Waals surface area contributed by atoms with Gasteiger partial charge in [-0.2, -0.15) is 0 Å². The van der Waals surface area contributed by atoms with Gasteiger partial charge >= 0.3 is 0 Å². The van der Waals surface area contributed by atoms with Crippen LogP contribution in [0.3, 0.4) is 0 Å². The molecule has 1 aromatic rings. The second kappa shape index (κ2) is 10.0. The standard InChI is InChI=1S/C25H33N3O4/c1-18(2)4-3-5-19-6-8-20(9-7-19)25-21-14-27(16-24(31)28(21)22(25)17-29)23(30)15-26-10-12-32-13-11-26/h6-9,18,21-22,25,29H,4,10-17H2,1-2H3/t21-,22+,25-/m1/s1. The lowest BCUT2D eigenvalue weighted by Gasteiger charge is -2.58. The highest BCUT2D eigenvalue weighted by Crippen LogP contribution is 2.42. The van der Waals surface area contributed by atoms with Gasteiger partial charge in [0.05, 0.1) is 45.0 Å². The second-order valence-electron chi connectivity index (χ2n) is 9.33. The summed E-state index contributed by atoms with van der Waals surface area (Å²) >= 11 is 0. The highest BCUT2D eigenvalue weighted by Gasteiger charge is 2.54. The molecule has 3 aliphatic heterocycles. The average Bonchev–Trinajstić information content (AvgIpc) is 2.76. The number of carbonyl (C=O) groups is 2. The lowest BCUT2D eigenvalue weighted by molar-refractivity contribution is -0.167. The van der Waals surface area contributed by atoms with Crippen molar-refractivity contribution in [3.63, 3.8) is 0 Å². The molecule has 1 N–H and O–H groups in total. The van der Waals surface area contributed by atoms with Crippen LogP contribution in [-0.2, 0) is 14.3 Å². The maximum Gasteiger partial charge on any atom is 0.242 e. The van der Waals surface area contributed by atoms with Crippen molar-refractivity contribution in [2.75, 3.05) is 52.5 Å². The van der Waals surface area contributed by atoms with Gasteiger partial charge in [0.15, 0.2) is 0 Å². The van der Waals surface area contributed by atoms with Gasteiger partial charge in [-0.15, -0.1) is 0 Å². The topological polar surface area (TPSA) is 73.3 Å². The van der Waals surface area contributed by atoms with E-state index in [1.165, 1.54) is 0 Å². The van der Waals surface area contributed by atoms with Gasteiger partial charge in [0.25, 0.3) is 0 Å². The Morgan fingerprint density at radius 3 is 2.59 bits per heavy atom. The average molecular weight is 440 g/mol. The molecule has 0 aromatic heterocycles. The molecule has 3 fully saturated rings. The smallest absolute Gasteiger partial charge is 0.242 e. The summed E-state index contributed by atoms with van der Waals surface area (Å²) in [4.78, 5) is 31.2. The normalized spacial score (nSPS) is 25.8. The Bertz CT molecular complexity index is 883. The summed E-state index contributed by atoms with van der Waals surface area (Å²) in [5.41, 5.74) is 2.04. The van der Waals surface area contributed by atoms with Crippen LogP contribution in [0.4, 0.5) is 0 Å².